The predicted octanol–water partition coefficient (Wildman–Crippen LogP) is 2.31. The summed E-state index contributed by atoms with van der Waals surface area (Å²) < 4.78 is 5.71. The Bertz CT molecular complexity index is 821. The van der Waals surface area contributed by atoms with Crippen LogP contribution in [0, 0.1) is 27.9 Å². The monoisotopic (exact) mass is 385 g/mol. The first-order valence-electron chi connectivity index (χ1n) is 10.7. The Morgan fingerprint density at radius 1 is 1.29 bits per heavy atom. The maximum atomic E-state index is 10.3. The molecule has 3 aliphatic heterocycles. The van der Waals surface area contributed by atoms with Crippen molar-refractivity contribution in [2.75, 3.05) is 26.3 Å². The summed E-state index contributed by atoms with van der Waals surface area (Å²) in [7, 11) is 0. The van der Waals surface area contributed by atoms with Crippen LogP contribution in [-0.2, 0) is 11.3 Å². The molecule has 0 spiro atoms. The summed E-state index contributed by atoms with van der Waals surface area (Å²) in [6.45, 7) is 5.16. The van der Waals surface area contributed by atoms with Crippen LogP contribution < -0.4 is 9.64 Å². The molecule has 28 heavy (non-hydrogen) atoms. The zero-order valence-electron chi connectivity index (χ0n) is 16.5. The third-order valence-electron chi connectivity index (χ3n) is 7.58. The van der Waals surface area contributed by atoms with Gasteiger partial charge in [0.05, 0.1) is 19.1 Å². The van der Waals surface area contributed by atoms with Gasteiger partial charge in [0.25, 0.3) is 5.09 Å². The first kappa shape index (κ1) is 18.0. The van der Waals surface area contributed by atoms with E-state index in [1.807, 2.05) is 11.0 Å². The lowest BCUT2D eigenvalue weighted by molar-refractivity contribution is -0.947. The summed E-state index contributed by atoms with van der Waals surface area (Å²) in [5.74, 6) is 3.34. The Morgan fingerprint density at radius 2 is 2.18 bits per heavy atom. The minimum atomic E-state index is -0.776. The fourth-order valence-corrected chi connectivity index (χ4v) is 6.62. The number of hydrogen-bond acceptors (Lipinski definition) is 4. The van der Waals surface area contributed by atoms with E-state index in [-0.39, 0.29) is 13.2 Å². The summed E-state index contributed by atoms with van der Waals surface area (Å²) in [4.78, 5) is 16.5. The standard InChI is InChI=1S/C22H28N2O4/c1-2-15-9-14-10-21-20-11-16-3-4-17(27-7-8-28-24(25)26)12-19(16)18(20)5-6-23(13-14)22(15)21/h3-4,12,14-15,21-22H,2,5-11,13H2,1H3/p+1/t14-,15+,21+,22+/m1/s1. The fraction of sp³-hybridized carbons (Fsp3) is 0.636. The average Bonchev–Trinajstić information content (AvgIpc) is 3.02. The Hall–Kier alpha value is -2.08. The van der Waals surface area contributed by atoms with E-state index in [9.17, 15) is 10.1 Å². The van der Waals surface area contributed by atoms with Crippen molar-refractivity contribution >= 4 is 5.57 Å². The molecule has 4 bridgehead atoms. The maximum Gasteiger partial charge on any atom is 0.294 e. The van der Waals surface area contributed by atoms with Crippen LogP contribution in [0.3, 0.4) is 0 Å². The molecule has 0 radical (unpaired) electrons. The van der Waals surface area contributed by atoms with E-state index < -0.39 is 5.09 Å². The Balaban J connectivity index is 1.38. The van der Waals surface area contributed by atoms with E-state index >= 15 is 0 Å². The number of nitrogens with zero attached hydrogens (tertiary/aromatic N) is 1. The van der Waals surface area contributed by atoms with E-state index in [2.05, 4.69) is 23.9 Å². The van der Waals surface area contributed by atoms with Crippen LogP contribution in [-0.4, -0.2) is 37.4 Å². The molecule has 1 unspecified atom stereocenters. The van der Waals surface area contributed by atoms with Crippen molar-refractivity contribution in [3.63, 3.8) is 0 Å². The van der Waals surface area contributed by atoms with Gasteiger partial charge < -0.3 is 14.5 Å². The minimum absolute atomic E-state index is 0.0418. The zero-order chi connectivity index (χ0) is 19.3. The average molecular weight is 385 g/mol. The Kier molecular flexibility index (Phi) is 4.54. The highest BCUT2D eigenvalue weighted by atomic mass is 17.0. The molecule has 1 saturated carbocycles. The van der Waals surface area contributed by atoms with Crippen LogP contribution in [0.1, 0.15) is 43.7 Å². The molecular weight excluding hydrogens is 356 g/mol. The van der Waals surface area contributed by atoms with Crippen LogP contribution >= 0.6 is 0 Å². The third-order valence-corrected chi connectivity index (χ3v) is 7.58. The molecule has 0 amide bonds. The Morgan fingerprint density at radius 3 is 3.00 bits per heavy atom. The number of ether oxygens (including phenoxy) is 1. The van der Waals surface area contributed by atoms with Gasteiger partial charge in [0.15, 0.2) is 0 Å². The number of quaternary nitrogens is 1. The molecule has 2 aliphatic carbocycles. The Labute approximate surface area is 165 Å². The van der Waals surface area contributed by atoms with Crippen LogP contribution in [0.5, 0.6) is 5.75 Å². The molecule has 0 aromatic heterocycles. The normalized spacial score (nSPS) is 32.5. The largest absolute Gasteiger partial charge is 0.492 e. The second kappa shape index (κ2) is 7.07. The predicted molar refractivity (Wildman–Crippen MR) is 105 cm³/mol. The van der Waals surface area contributed by atoms with Gasteiger partial charge in [-0.1, -0.05) is 18.6 Å². The lowest BCUT2D eigenvalue weighted by atomic mass is 9.64. The molecule has 3 fully saturated rings. The number of fused-ring (bicyclic) bond motifs is 3. The molecule has 6 nitrogen and oxygen atoms in total. The third kappa shape index (κ3) is 2.98. The molecule has 1 aromatic carbocycles. The van der Waals surface area contributed by atoms with Gasteiger partial charge in [-0.05, 0) is 54.5 Å². The van der Waals surface area contributed by atoms with Crippen LogP contribution in [0.25, 0.3) is 5.57 Å². The first-order chi connectivity index (χ1) is 13.6. The van der Waals surface area contributed by atoms with Crippen molar-refractivity contribution in [2.24, 2.45) is 17.8 Å². The van der Waals surface area contributed by atoms with Crippen molar-refractivity contribution in [3.8, 4) is 5.75 Å². The maximum absolute atomic E-state index is 10.3. The molecule has 150 valence electrons. The number of rotatable bonds is 6. The van der Waals surface area contributed by atoms with E-state index in [0.717, 1.165) is 36.0 Å². The van der Waals surface area contributed by atoms with Gasteiger partial charge in [0.1, 0.15) is 19.0 Å². The van der Waals surface area contributed by atoms with Gasteiger partial charge in [0, 0.05) is 24.2 Å². The molecule has 1 N–H and O–H groups in total. The van der Waals surface area contributed by atoms with E-state index in [1.54, 1.807) is 11.1 Å². The fourth-order valence-electron chi connectivity index (χ4n) is 6.62. The number of hydrogen-bond donors (Lipinski definition) is 1. The summed E-state index contributed by atoms with van der Waals surface area (Å²) in [5, 5.41) is 9.49. The summed E-state index contributed by atoms with van der Waals surface area (Å²) in [6.07, 6.45) is 6.43. The molecular formula is C22H29N2O4+. The van der Waals surface area contributed by atoms with E-state index in [0.29, 0.717) is 0 Å². The summed E-state index contributed by atoms with van der Waals surface area (Å²) in [6, 6.07) is 7.17. The van der Waals surface area contributed by atoms with Gasteiger partial charge in [-0.25, -0.2) is 0 Å². The highest BCUT2D eigenvalue weighted by Gasteiger charge is 2.52. The van der Waals surface area contributed by atoms with Crippen LogP contribution in [0.2, 0.25) is 0 Å². The zero-order valence-corrected chi connectivity index (χ0v) is 16.5. The SMILES string of the molecule is CC[C@H]1C[C@@H]2C[C@H]3C4=C(CC[NH+](C2)[C@@H]13)c1cc(OCCO[N+](=O)[O-])ccc1C4. The van der Waals surface area contributed by atoms with Gasteiger partial charge in [0.2, 0.25) is 0 Å². The molecule has 3 heterocycles. The lowest BCUT2D eigenvalue weighted by Gasteiger charge is -2.51. The molecule has 1 aromatic rings. The number of nitrogens with one attached hydrogen (secondary N) is 1. The quantitative estimate of drug-likeness (QED) is 0.464. The lowest BCUT2D eigenvalue weighted by Crippen LogP contribution is -3.20. The second-order valence-corrected chi connectivity index (χ2v) is 8.91. The molecule has 6 heteroatoms. The molecule has 5 atom stereocenters. The highest BCUT2D eigenvalue weighted by molar-refractivity contribution is 5.78. The van der Waals surface area contributed by atoms with Crippen molar-refractivity contribution < 1.29 is 19.6 Å². The van der Waals surface area contributed by atoms with Gasteiger partial charge in [-0.2, -0.15) is 0 Å². The highest BCUT2D eigenvalue weighted by Crippen LogP contribution is 2.48. The van der Waals surface area contributed by atoms with Crippen molar-refractivity contribution in [3.05, 3.63) is 45.0 Å². The molecule has 6 rings (SSSR count). The van der Waals surface area contributed by atoms with Gasteiger partial charge >= 0.3 is 0 Å². The van der Waals surface area contributed by atoms with Gasteiger partial charge in [-0.3, -0.25) is 0 Å². The van der Waals surface area contributed by atoms with Gasteiger partial charge in [-0.15, -0.1) is 10.1 Å². The van der Waals surface area contributed by atoms with E-state index in [4.69, 9.17) is 4.74 Å². The smallest absolute Gasteiger partial charge is 0.294 e. The van der Waals surface area contributed by atoms with Crippen LogP contribution in [0.4, 0.5) is 0 Å². The first-order valence-corrected chi connectivity index (χ1v) is 10.7. The van der Waals surface area contributed by atoms with Crippen LogP contribution in [0.15, 0.2) is 23.8 Å². The number of piperidine rings is 2. The minimum Gasteiger partial charge on any atom is -0.492 e. The summed E-state index contributed by atoms with van der Waals surface area (Å²) in [5.41, 5.74) is 6.08. The topological polar surface area (TPSA) is 66.0 Å². The van der Waals surface area contributed by atoms with E-state index in [1.165, 1.54) is 49.9 Å². The second-order valence-electron chi connectivity index (χ2n) is 8.91. The van der Waals surface area contributed by atoms with Crippen molar-refractivity contribution in [1.82, 2.24) is 0 Å². The van der Waals surface area contributed by atoms with Crippen molar-refractivity contribution in [2.45, 2.75) is 45.1 Å². The summed E-state index contributed by atoms with van der Waals surface area (Å²) >= 11 is 0. The number of benzene rings is 1. The molecule has 5 aliphatic rings. The van der Waals surface area contributed by atoms with Crippen molar-refractivity contribution in [1.29, 1.82) is 0 Å². The molecule has 2 saturated heterocycles.